The van der Waals surface area contributed by atoms with Crippen LogP contribution in [0.1, 0.15) is 24.1 Å². The van der Waals surface area contributed by atoms with Crippen LogP contribution in [-0.2, 0) is 0 Å². The molecular formula is C13H14N2OS. The van der Waals surface area contributed by atoms with Gasteiger partial charge in [0.25, 0.3) is 5.56 Å². The second kappa shape index (κ2) is 5.19. The summed E-state index contributed by atoms with van der Waals surface area (Å²) in [5.74, 6) is 0.129. The molecule has 2 aromatic rings. The maximum absolute atomic E-state index is 11.5. The maximum Gasteiger partial charge on any atom is 0.251 e. The normalized spacial score (nSPS) is 12.4. The second-order valence-electron chi connectivity index (χ2n) is 3.81. The van der Waals surface area contributed by atoms with Gasteiger partial charge in [0.1, 0.15) is 0 Å². The molecular weight excluding hydrogens is 232 g/mol. The highest BCUT2D eigenvalue weighted by molar-refractivity contribution is 7.98. The molecule has 17 heavy (non-hydrogen) atoms. The van der Waals surface area contributed by atoms with Crippen LogP contribution < -0.4 is 5.56 Å². The van der Waals surface area contributed by atoms with E-state index in [0.29, 0.717) is 5.16 Å². The zero-order valence-corrected chi connectivity index (χ0v) is 10.6. The number of thioether (sulfide) groups is 1. The van der Waals surface area contributed by atoms with Crippen molar-refractivity contribution in [1.82, 2.24) is 9.97 Å². The molecule has 0 amide bonds. The molecule has 3 nitrogen and oxygen atoms in total. The first-order valence-corrected chi connectivity index (χ1v) is 6.63. The fourth-order valence-electron chi connectivity index (χ4n) is 1.68. The standard InChI is InChI=1S/C13H14N2OS/c1-9(10-6-4-3-5-7-10)11-8-12(16)15-13(14-11)17-2/h3-9H,1-2H3,(H,14,15,16)/t9-/m0/s1. The summed E-state index contributed by atoms with van der Waals surface area (Å²) in [4.78, 5) is 18.6. The zero-order valence-electron chi connectivity index (χ0n) is 9.81. The molecule has 0 aliphatic rings. The topological polar surface area (TPSA) is 45.8 Å². The molecule has 0 saturated heterocycles. The van der Waals surface area contributed by atoms with Crippen LogP contribution in [0, 0.1) is 0 Å². The fraction of sp³-hybridized carbons (Fsp3) is 0.231. The summed E-state index contributed by atoms with van der Waals surface area (Å²) >= 11 is 1.44. The summed E-state index contributed by atoms with van der Waals surface area (Å²) in [6, 6.07) is 11.6. The van der Waals surface area contributed by atoms with Crippen molar-refractivity contribution in [2.24, 2.45) is 0 Å². The number of nitrogens with one attached hydrogen (secondary N) is 1. The van der Waals surface area contributed by atoms with E-state index >= 15 is 0 Å². The first-order valence-electron chi connectivity index (χ1n) is 5.41. The quantitative estimate of drug-likeness (QED) is 0.669. The summed E-state index contributed by atoms with van der Waals surface area (Å²) in [5, 5.41) is 0.662. The van der Waals surface area contributed by atoms with Crippen LogP contribution in [0.15, 0.2) is 46.3 Å². The summed E-state index contributed by atoms with van der Waals surface area (Å²) in [6.07, 6.45) is 1.90. The van der Waals surface area contributed by atoms with Crippen molar-refractivity contribution in [2.45, 2.75) is 18.0 Å². The van der Waals surface area contributed by atoms with E-state index < -0.39 is 0 Å². The van der Waals surface area contributed by atoms with Crippen LogP contribution in [0.2, 0.25) is 0 Å². The highest BCUT2D eigenvalue weighted by Gasteiger charge is 2.11. The summed E-state index contributed by atoms with van der Waals surface area (Å²) in [6.45, 7) is 2.06. The fourth-order valence-corrected chi connectivity index (χ4v) is 2.08. The van der Waals surface area contributed by atoms with E-state index in [0.717, 1.165) is 11.3 Å². The Bertz CT molecular complexity index is 551. The van der Waals surface area contributed by atoms with Crippen molar-refractivity contribution in [3.8, 4) is 0 Å². The van der Waals surface area contributed by atoms with Crippen molar-refractivity contribution < 1.29 is 0 Å². The number of nitrogens with zero attached hydrogens (tertiary/aromatic N) is 1. The number of aromatic nitrogens is 2. The molecule has 0 fully saturated rings. The minimum absolute atomic E-state index is 0.0952. The Morgan fingerprint density at radius 3 is 2.65 bits per heavy atom. The molecule has 0 bridgehead atoms. The molecule has 4 heteroatoms. The third-order valence-electron chi connectivity index (χ3n) is 2.68. The van der Waals surface area contributed by atoms with E-state index in [1.807, 2.05) is 36.6 Å². The first kappa shape index (κ1) is 11.9. The van der Waals surface area contributed by atoms with Crippen molar-refractivity contribution in [3.63, 3.8) is 0 Å². The molecule has 88 valence electrons. The number of hydrogen-bond donors (Lipinski definition) is 1. The lowest BCUT2D eigenvalue weighted by Gasteiger charge is -2.11. The summed E-state index contributed by atoms with van der Waals surface area (Å²) in [7, 11) is 0. The van der Waals surface area contributed by atoms with Crippen LogP contribution in [0.5, 0.6) is 0 Å². The molecule has 0 saturated carbocycles. The number of rotatable bonds is 3. The van der Waals surface area contributed by atoms with Gasteiger partial charge >= 0.3 is 0 Å². The Morgan fingerprint density at radius 1 is 1.29 bits per heavy atom. The first-order chi connectivity index (χ1) is 8.20. The van der Waals surface area contributed by atoms with Crippen molar-refractivity contribution in [1.29, 1.82) is 0 Å². The van der Waals surface area contributed by atoms with Crippen LogP contribution in [0.4, 0.5) is 0 Å². The molecule has 0 radical (unpaired) electrons. The Hall–Kier alpha value is -1.55. The minimum atomic E-state index is -0.0952. The van der Waals surface area contributed by atoms with Crippen LogP contribution in [0.3, 0.4) is 0 Å². The smallest absolute Gasteiger partial charge is 0.251 e. The Morgan fingerprint density at radius 2 is 2.00 bits per heavy atom. The van der Waals surface area contributed by atoms with Crippen molar-refractivity contribution >= 4 is 11.8 Å². The van der Waals surface area contributed by atoms with Gasteiger partial charge in [0.05, 0.1) is 5.69 Å². The molecule has 2 rings (SSSR count). The Labute approximate surface area is 104 Å². The molecule has 0 spiro atoms. The van der Waals surface area contributed by atoms with E-state index in [2.05, 4.69) is 16.9 Å². The average Bonchev–Trinajstić information content (AvgIpc) is 2.38. The molecule has 1 atom stereocenters. The van der Waals surface area contributed by atoms with Gasteiger partial charge in [0.2, 0.25) is 0 Å². The zero-order chi connectivity index (χ0) is 12.3. The number of aromatic amines is 1. The van der Waals surface area contributed by atoms with Crippen molar-refractivity contribution in [3.05, 3.63) is 58.0 Å². The lowest BCUT2D eigenvalue weighted by molar-refractivity contribution is 0.801. The molecule has 0 unspecified atom stereocenters. The van der Waals surface area contributed by atoms with E-state index in [9.17, 15) is 4.79 Å². The largest absolute Gasteiger partial charge is 0.301 e. The maximum atomic E-state index is 11.5. The minimum Gasteiger partial charge on any atom is -0.301 e. The predicted octanol–water partition coefficient (Wildman–Crippen LogP) is 2.64. The molecule has 1 heterocycles. The summed E-state index contributed by atoms with van der Waals surface area (Å²) < 4.78 is 0. The van der Waals surface area contributed by atoms with Gasteiger partial charge in [-0.2, -0.15) is 0 Å². The average molecular weight is 246 g/mol. The molecule has 1 aromatic heterocycles. The van der Waals surface area contributed by atoms with Gasteiger partial charge in [-0.05, 0) is 11.8 Å². The van der Waals surface area contributed by atoms with Gasteiger partial charge in [0, 0.05) is 12.0 Å². The lowest BCUT2D eigenvalue weighted by atomic mass is 9.98. The highest BCUT2D eigenvalue weighted by Crippen LogP contribution is 2.22. The van der Waals surface area contributed by atoms with Crippen LogP contribution in [0.25, 0.3) is 0 Å². The van der Waals surface area contributed by atoms with Gasteiger partial charge in [-0.15, -0.1) is 0 Å². The van der Waals surface area contributed by atoms with Gasteiger partial charge in [0.15, 0.2) is 5.16 Å². The van der Waals surface area contributed by atoms with Crippen LogP contribution >= 0.6 is 11.8 Å². The summed E-state index contributed by atoms with van der Waals surface area (Å²) in [5.41, 5.74) is 1.88. The molecule has 1 N–H and O–H groups in total. The van der Waals surface area contributed by atoms with E-state index in [1.165, 1.54) is 11.8 Å². The SMILES string of the molecule is CSc1nc([C@@H](C)c2ccccc2)cc(=O)[nH]1. The third-order valence-corrected chi connectivity index (χ3v) is 3.26. The third kappa shape index (κ3) is 2.77. The lowest BCUT2D eigenvalue weighted by Crippen LogP contribution is -2.12. The predicted molar refractivity (Wildman–Crippen MR) is 70.6 cm³/mol. The Balaban J connectivity index is 2.40. The van der Waals surface area contributed by atoms with Gasteiger partial charge in [-0.3, -0.25) is 4.79 Å². The highest BCUT2D eigenvalue weighted by atomic mass is 32.2. The molecule has 0 aliphatic heterocycles. The van der Waals surface area contributed by atoms with Gasteiger partial charge < -0.3 is 4.98 Å². The number of H-pyrrole nitrogens is 1. The number of benzene rings is 1. The van der Waals surface area contributed by atoms with E-state index in [-0.39, 0.29) is 11.5 Å². The Kier molecular flexibility index (Phi) is 3.64. The van der Waals surface area contributed by atoms with Crippen molar-refractivity contribution in [2.75, 3.05) is 6.26 Å². The number of hydrogen-bond acceptors (Lipinski definition) is 3. The molecule has 1 aromatic carbocycles. The van der Waals surface area contributed by atoms with Gasteiger partial charge in [-0.25, -0.2) is 4.98 Å². The van der Waals surface area contributed by atoms with Crippen LogP contribution in [-0.4, -0.2) is 16.2 Å². The van der Waals surface area contributed by atoms with E-state index in [1.54, 1.807) is 6.07 Å². The van der Waals surface area contributed by atoms with E-state index in [4.69, 9.17) is 0 Å². The molecule has 0 aliphatic carbocycles. The van der Waals surface area contributed by atoms with Gasteiger partial charge in [-0.1, -0.05) is 49.0 Å². The second-order valence-corrected chi connectivity index (χ2v) is 4.61. The monoisotopic (exact) mass is 246 g/mol.